The summed E-state index contributed by atoms with van der Waals surface area (Å²) >= 11 is 0. The highest BCUT2D eigenvalue weighted by Gasteiger charge is 2.04. The number of pyridine rings is 2. The van der Waals surface area contributed by atoms with E-state index in [0.29, 0.717) is 11.1 Å². The lowest BCUT2D eigenvalue weighted by atomic mass is 10.1. The summed E-state index contributed by atoms with van der Waals surface area (Å²) in [5.74, 6) is -0.667. The standard InChI is InChI=1S/C11H8FNO2/c1-7(14)8-4-10-3-2-9(12)6-13(10)11(15)5-8/h2-6H,1H3. The van der Waals surface area contributed by atoms with E-state index in [1.165, 1.54) is 29.5 Å². The van der Waals surface area contributed by atoms with Gasteiger partial charge >= 0.3 is 0 Å². The highest BCUT2D eigenvalue weighted by atomic mass is 19.1. The van der Waals surface area contributed by atoms with E-state index in [9.17, 15) is 14.0 Å². The minimum atomic E-state index is -0.486. The summed E-state index contributed by atoms with van der Waals surface area (Å²) in [5, 5.41) is 0. The second kappa shape index (κ2) is 3.31. The molecule has 0 spiro atoms. The zero-order chi connectivity index (χ0) is 11.0. The van der Waals surface area contributed by atoms with E-state index in [1.807, 2.05) is 0 Å². The third kappa shape index (κ3) is 1.66. The zero-order valence-electron chi connectivity index (χ0n) is 8.03. The Labute approximate surface area is 84.8 Å². The summed E-state index contributed by atoms with van der Waals surface area (Å²) < 4.78 is 14.0. The summed E-state index contributed by atoms with van der Waals surface area (Å²) in [6.45, 7) is 1.38. The second-order valence-electron chi connectivity index (χ2n) is 3.28. The van der Waals surface area contributed by atoms with Crippen molar-refractivity contribution in [3.8, 4) is 0 Å². The zero-order valence-corrected chi connectivity index (χ0v) is 8.03. The summed E-state index contributed by atoms with van der Waals surface area (Å²) in [6.07, 6.45) is 1.10. The molecule has 3 nitrogen and oxygen atoms in total. The molecule has 2 rings (SSSR count). The van der Waals surface area contributed by atoms with Gasteiger partial charge in [-0.1, -0.05) is 0 Å². The molecule has 0 radical (unpaired) electrons. The fourth-order valence-electron chi connectivity index (χ4n) is 1.40. The Balaban J connectivity index is 2.84. The first-order valence-electron chi connectivity index (χ1n) is 4.41. The molecular formula is C11H8FNO2. The number of halogens is 1. The van der Waals surface area contributed by atoms with Gasteiger partial charge in [0.15, 0.2) is 5.78 Å². The maximum absolute atomic E-state index is 12.8. The van der Waals surface area contributed by atoms with Crippen molar-refractivity contribution in [1.29, 1.82) is 0 Å². The number of carbonyl (C=O) groups is 1. The van der Waals surface area contributed by atoms with E-state index in [1.54, 1.807) is 6.07 Å². The SMILES string of the molecule is CC(=O)c1cc(=O)n2cc(F)ccc2c1. The van der Waals surface area contributed by atoms with E-state index < -0.39 is 11.4 Å². The largest absolute Gasteiger partial charge is 0.295 e. The molecule has 0 amide bonds. The molecule has 0 aliphatic heterocycles. The summed E-state index contributed by atoms with van der Waals surface area (Å²) in [7, 11) is 0. The van der Waals surface area contributed by atoms with Crippen LogP contribution in [-0.2, 0) is 0 Å². The molecule has 0 aliphatic carbocycles. The van der Waals surface area contributed by atoms with Crippen LogP contribution in [0.2, 0.25) is 0 Å². The molecule has 0 fully saturated rings. The predicted octanol–water partition coefficient (Wildman–Crippen LogP) is 1.64. The van der Waals surface area contributed by atoms with E-state index in [-0.39, 0.29) is 5.78 Å². The quantitative estimate of drug-likeness (QED) is 0.664. The third-order valence-electron chi connectivity index (χ3n) is 2.17. The summed E-state index contributed by atoms with van der Waals surface area (Å²) in [5.41, 5.74) is 0.443. The Hall–Kier alpha value is -1.97. The molecule has 4 heteroatoms. The Morgan fingerprint density at radius 1 is 1.33 bits per heavy atom. The fraction of sp³-hybridized carbons (Fsp3) is 0.0909. The van der Waals surface area contributed by atoms with Crippen molar-refractivity contribution in [2.45, 2.75) is 6.92 Å². The van der Waals surface area contributed by atoms with E-state index in [4.69, 9.17) is 0 Å². The molecule has 0 bridgehead atoms. The Kier molecular flexibility index (Phi) is 2.11. The first kappa shape index (κ1) is 9.58. The molecule has 0 atom stereocenters. The van der Waals surface area contributed by atoms with Crippen molar-refractivity contribution in [3.05, 3.63) is 52.2 Å². The Bertz CT molecular complexity index is 601. The highest BCUT2D eigenvalue weighted by Crippen LogP contribution is 2.06. The van der Waals surface area contributed by atoms with Crippen LogP contribution in [0.3, 0.4) is 0 Å². The number of nitrogens with zero attached hydrogens (tertiary/aromatic N) is 1. The lowest BCUT2D eigenvalue weighted by molar-refractivity contribution is 0.101. The second-order valence-corrected chi connectivity index (χ2v) is 3.28. The number of fused-ring (bicyclic) bond motifs is 1. The van der Waals surface area contributed by atoms with Crippen molar-refractivity contribution < 1.29 is 9.18 Å². The van der Waals surface area contributed by atoms with E-state index >= 15 is 0 Å². The van der Waals surface area contributed by atoms with Gasteiger partial charge in [0.2, 0.25) is 0 Å². The average Bonchev–Trinajstić information content (AvgIpc) is 2.18. The van der Waals surface area contributed by atoms with Crippen molar-refractivity contribution in [2.24, 2.45) is 0 Å². The van der Waals surface area contributed by atoms with Crippen molar-refractivity contribution >= 4 is 11.3 Å². The van der Waals surface area contributed by atoms with Gasteiger partial charge in [-0.15, -0.1) is 0 Å². The van der Waals surface area contributed by atoms with Crippen molar-refractivity contribution in [1.82, 2.24) is 4.40 Å². The molecule has 0 unspecified atom stereocenters. The molecule has 0 aromatic carbocycles. The number of hydrogen-bond donors (Lipinski definition) is 0. The van der Waals surface area contributed by atoms with Crippen LogP contribution in [0.1, 0.15) is 17.3 Å². The average molecular weight is 205 g/mol. The van der Waals surface area contributed by atoms with E-state index in [2.05, 4.69) is 0 Å². The van der Waals surface area contributed by atoms with Crippen LogP contribution in [0.5, 0.6) is 0 Å². The van der Waals surface area contributed by atoms with Crippen molar-refractivity contribution in [2.75, 3.05) is 0 Å². The molecule has 2 aromatic rings. The molecule has 0 N–H and O–H groups in total. The van der Waals surface area contributed by atoms with Gasteiger partial charge in [-0.25, -0.2) is 4.39 Å². The molecule has 2 aromatic heterocycles. The van der Waals surface area contributed by atoms with Crippen LogP contribution in [-0.4, -0.2) is 10.2 Å². The molecule has 76 valence electrons. The van der Waals surface area contributed by atoms with Crippen LogP contribution in [0.4, 0.5) is 4.39 Å². The van der Waals surface area contributed by atoms with Crippen LogP contribution in [0, 0.1) is 5.82 Å². The monoisotopic (exact) mass is 205 g/mol. The molecule has 15 heavy (non-hydrogen) atoms. The molecule has 0 saturated heterocycles. The third-order valence-corrected chi connectivity index (χ3v) is 2.17. The summed E-state index contributed by atoms with van der Waals surface area (Å²) in [6, 6.07) is 5.47. The predicted molar refractivity (Wildman–Crippen MR) is 53.6 cm³/mol. The van der Waals surface area contributed by atoms with Crippen LogP contribution >= 0.6 is 0 Å². The van der Waals surface area contributed by atoms with Gasteiger partial charge in [0, 0.05) is 23.3 Å². The van der Waals surface area contributed by atoms with E-state index in [0.717, 1.165) is 6.20 Å². The van der Waals surface area contributed by atoms with Gasteiger partial charge in [0.1, 0.15) is 5.82 Å². The number of hydrogen-bond acceptors (Lipinski definition) is 2. The number of Topliss-reactive ketones (excluding diaryl/α,β-unsaturated/α-hetero) is 1. The van der Waals surface area contributed by atoms with Crippen LogP contribution < -0.4 is 5.56 Å². The maximum atomic E-state index is 12.8. The fourth-order valence-corrected chi connectivity index (χ4v) is 1.40. The Morgan fingerprint density at radius 2 is 2.07 bits per heavy atom. The summed E-state index contributed by atoms with van der Waals surface area (Å²) in [4.78, 5) is 22.6. The van der Waals surface area contributed by atoms with Gasteiger partial charge in [-0.05, 0) is 25.1 Å². The van der Waals surface area contributed by atoms with Crippen LogP contribution in [0.15, 0.2) is 35.3 Å². The van der Waals surface area contributed by atoms with Gasteiger partial charge < -0.3 is 0 Å². The molecule has 0 saturated carbocycles. The minimum Gasteiger partial charge on any atom is -0.295 e. The lowest BCUT2D eigenvalue weighted by Crippen LogP contribution is -2.14. The number of ketones is 1. The molecular weight excluding hydrogens is 197 g/mol. The number of carbonyl (C=O) groups excluding carboxylic acids is 1. The lowest BCUT2D eigenvalue weighted by Gasteiger charge is -2.02. The normalized spacial score (nSPS) is 10.5. The molecule has 2 heterocycles. The smallest absolute Gasteiger partial charge is 0.255 e. The first-order valence-corrected chi connectivity index (χ1v) is 4.41. The number of aromatic nitrogens is 1. The Morgan fingerprint density at radius 3 is 2.73 bits per heavy atom. The molecule has 0 aliphatic rings. The topological polar surface area (TPSA) is 38.5 Å². The van der Waals surface area contributed by atoms with Gasteiger partial charge in [0.25, 0.3) is 5.56 Å². The van der Waals surface area contributed by atoms with Gasteiger partial charge in [-0.2, -0.15) is 0 Å². The van der Waals surface area contributed by atoms with Gasteiger partial charge in [-0.3, -0.25) is 14.0 Å². The maximum Gasteiger partial charge on any atom is 0.255 e. The van der Waals surface area contributed by atoms with Gasteiger partial charge in [0.05, 0.1) is 0 Å². The number of rotatable bonds is 1. The van der Waals surface area contributed by atoms with Crippen molar-refractivity contribution in [3.63, 3.8) is 0 Å². The minimum absolute atomic E-state index is 0.182. The highest BCUT2D eigenvalue weighted by molar-refractivity contribution is 5.95. The first-order chi connectivity index (χ1) is 7.08. The van der Waals surface area contributed by atoms with Crippen LogP contribution in [0.25, 0.3) is 5.52 Å².